The number of amides is 1. The average Bonchev–Trinajstić information content (AvgIpc) is 2.38. The summed E-state index contributed by atoms with van der Waals surface area (Å²) >= 11 is 0. The Bertz CT molecular complexity index is 556. The molecule has 2 aromatic heterocycles. The summed E-state index contributed by atoms with van der Waals surface area (Å²) in [6, 6.07) is 4.06. The van der Waals surface area contributed by atoms with Crippen LogP contribution in [-0.4, -0.2) is 20.9 Å². The average molecular weight is 246 g/mol. The number of carbonyl (C=O) groups excluding carboxylic acids is 1. The highest BCUT2D eigenvalue weighted by atomic mass is 19.1. The van der Waals surface area contributed by atoms with E-state index in [9.17, 15) is 9.18 Å². The van der Waals surface area contributed by atoms with Crippen LogP contribution in [0.1, 0.15) is 21.9 Å². The van der Waals surface area contributed by atoms with Crippen LogP contribution in [0.3, 0.4) is 0 Å². The Balaban J connectivity index is 1.98. The van der Waals surface area contributed by atoms with Crippen LogP contribution in [0.15, 0.2) is 30.6 Å². The second-order valence-corrected chi connectivity index (χ2v) is 3.68. The lowest BCUT2D eigenvalue weighted by Crippen LogP contribution is -2.24. The zero-order chi connectivity index (χ0) is 13.0. The summed E-state index contributed by atoms with van der Waals surface area (Å²) in [6.07, 6.45) is 3.19. The third-order valence-electron chi connectivity index (χ3n) is 2.21. The fraction of sp³-hybridized carbons (Fsp3) is 0.167. The van der Waals surface area contributed by atoms with Gasteiger partial charge in [-0.05, 0) is 19.1 Å². The predicted molar refractivity (Wildman–Crippen MR) is 62.1 cm³/mol. The fourth-order valence-electron chi connectivity index (χ4n) is 1.31. The zero-order valence-corrected chi connectivity index (χ0v) is 9.72. The van der Waals surface area contributed by atoms with Crippen LogP contribution in [0, 0.1) is 12.9 Å². The second-order valence-electron chi connectivity index (χ2n) is 3.68. The van der Waals surface area contributed by atoms with Crippen molar-refractivity contribution in [2.75, 3.05) is 0 Å². The maximum Gasteiger partial charge on any atom is 0.270 e. The topological polar surface area (TPSA) is 67.8 Å². The van der Waals surface area contributed by atoms with E-state index in [1.165, 1.54) is 18.2 Å². The lowest BCUT2D eigenvalue weighted by Gasteiger charge is -2.04. The van der Waals surface area contributed by atoms with Gasteiger partial charge in [0.25, 0.3) is 5.91 Å². The van der Waals surface area contributed by atoms with Crippen LogP contribution in [-0.2, 0) is 6.54 Å². The quantitative estimate of drug-likeness (QED) is 0.827. The van der Waals surface area contributed by atoms with E-state index in [4.69, 9.17) is 0 Å². The summed E-state index contributed by atoms with van der Waals surface area (Å²) in [5, 5.41) is 2.59. The first-order valence-electron chi connectivity index (χ1n) is 5.33. The molecule has 0 aromatic carbocycles. The molecule has 0 atom stereocenters. The molecule has 6 heteroatoms. The number of aromatic nitrogens is 3. The van der Waals surface area contributed by atoms with Crippen molar-refractivity contribution in [1.29, 1.82) is 0 Å². The largest absolute Gasteiger partial charge is 0.345 e. The zero-order valence-electron chi connectivity index (χ0n) is 9.72. The minimum absolute atomic E-state index is 0.0371. The first-order chi connectivity index (χ1) is 8.65. The molecule has 0 saturated carbocycles. The summed E-state index contributed by atoms with van der Waals surface area (Å²) in [6.45, 7) is 2.05. The Morgan fingerprint density at radius 2 is 2.17 bits per heavy atom. The number of nitrogens with zero attached hydrogens (tertiary/aromatic N) is 3. The number of aryl methyl sites for hydroxylation is 1. The number of halogens is 1. The van der Waals surface area contributed by atoms with Gasteiger partial charge in [-0.15, -0.1) is 0 Å². The monoisotopic (exact) mass is 246 g/mol. The van der Waals surface area contributed by atoms with Crippen LogP contribution < -0.4 is 5.32 Å². The molecule has 0 aliphatic rings. The SMILES string of the molecule is Cc1cnc(CNC(=O)c2cccc(F)n2)cn1. The number of carbonyl (C=O) groups is 1. The molecule has 1 amide bonds. The number of hydrogen-bond acceptors (Lipinski definition) is 4. The van der Waals surface area contributed by atoms with E-state index in [1.807, 2.05) is 6.92 Å². The van der Waals surface area contributed by atoms with Gasteiger partial charge in [-0.1, -0.05) is 6.07 Å². The normalized spacial score (nSPS) is 10.1. The Morgan fingerprint density at radius 3 is 2.83 bits per heavy atom. The first kappa shape index (κ1) is 12.1. The van der Waals surface area contributed by atoms with Gasteiger partial charge in [0.1, 0.15) is 5.69 Å². The van der Waals surface area contributed by atoms with E-state index >= 15 is 0 Å². The summed E-state index contributed by atoms with van der Waals surface area (Å²) in [7, 11) is 0. The molecule has 0 spiro atoms. The standard InChI is InChI=1S/C12H11FN4O/c1-8-5-15-9(6-14-8)7-16-12(18)10-3-2-4-11(13)17-10/h2-6H,7H2,1H3,(H,16,18). The molecule has 0 bridgehead atoms. The van der Waals surface area contributed by atoms with Crippen molar-refractivity contribution in [2.24, 2.45) is 0 Å². The molecule has 2 aromatic rings. The minimum atomic E-state index is -0.683. The van der Waals surface area contributed by atoms with E-state index in [-0.39, 0.29) is 12.2 Å². The molecule has 0 radical (unpaired) electrons. The van der Waals surface area contributed by atoms with Crippen molar-refractivity contribution in [3.63, 3.8) is 0 Å². The van der Waals surface area contributed by atoms with Crippen LogP contribution >= 0.6 is 0 Å². The van der Waals surface area contributed by atoms with Crippen molar-refractivity contribution >= 4 is 5.91 Å². The number of rotatable bonds is 3. The van der Waals surface area contributed by atoms with Gasteiger partial charge in [-0.3, -0.25) is 14.8 Å². The predicted octanol–water partition coefficient (Wildman–Crippen LogP) is 1.25. The third-order valence-corrected chi connectivity index (χ3v) is 2.21. The van der Waals surface area contributed by atoms with Gasteiger partial charge < -0.3 is 5.32 Å². The molecule has 0 unspecified atom stereocenters. The van der Waals surface area contributed by atoms with Gasteiger partial charge in [0.15, 0.2) is 0 Å². The van der Waals surface area contributed by atoms with Crippen LogP contribution in [0.5, 0.6) is 0 Å². The lowest BCUT2D eigenvalue weighted by atomic mass is 10.3. The van der Waals surface area contributed by atoms with Crippen molar-refractivity contribution in [2.45, 2.75) is 13.5 Å². The molecule has 92 valence electrons. The van der Waals surface area contributed by atoms with Crippen LogP contribution in [0.2, 0.25) is 0 Å². The summed E-state index contributed by atoms with van der Waals surface area (Å²) in [5.74, 6) is -1.13. The van der Waals surface area contributed by atoms with Crippen molar-refractivity contribution in [1.82, 2.24) is 20.3 Å². The van der Waals surface area contributed by atoms with Gasteiger partial charge in [-0.25, -0.2) is 4.98 Å². The summed E-state index contributed by atoms with van der Waals surface area (Å²) in [4.78, 5) is 23.3. The van der Waals surface area contributed by atoms with E-state index in [1.54, 1.807) is 12.4 Å². The van der Waals surface area contributed by atoms with Crippen molar-refractivity contribution in [3.05, 3.63) is 53.6 Å². The molecular weight excluding hydrogens is 235 g/mol. The van der Waals surface area contributed by atoms with E-state index in [0.29, 0.717) is 5.69 Å². The number of pyridine rings is 1. The Kier molecular flexibility index (Phi) is 3.57. The van der Waals surface area contributed by atoms with E-state index < -0.39 is 11.9 Å². The summed E-state index contributed by atoms with van der Waals surface area (Å²) < 4.78 is 12.8. The molecule has 18 heavy (non-hydrogen) atoms. The highest BCUT2D eigenvalue weighted by Gasteiger charge is 2.07. The van der Waals surface area contributed by atoms with E-state index in [0.717, 1.165) is 5.69 Å². The Labute approximate surface area is 103 Å². The molecule has 2 heterocycles. The number of nitrogens with one attached hydrogen (secondary N) is 1. The molecule has 2 rings (SSSR count). The molecule has 0 fully saturated rings. The van der Waals surface area contributed by atoms with Gasteiger partial charge >= 0.3 is 0 Å². The highest BCUT2D eigenvalue weighted by Crippen LogP contribution is 1.99. The Morgan fingerprint density at radius 1 is 1.33 bits per heavy atom. The van der Waals surface area contributed by atoms with Crippen molar-refractivity contribution in [3.8, 4) is 0 Å². The van der Waals surface area contributed by atoms with E-state index in [2.05, 4.69) is 20.3 Å². The van der Waals surface area contributed by atoms with Crippen molar-refractivity contribution < 1.29 is 9.18 Å². The van der Waals surface area contributed by atoms with Gasteiger partial charge in [0, 0.05) is 6.20 Å². The maximum absolute atomic E-state index is 12.8. The van der Waals surface area contributed by atoms with Gasteiger partial charge in [0.2, 0.25) is 5.95 Å². The molecule has 0 aliphatic carbocycles. The summed E-state index contributed by atoms with van der Waals surface area (Å²) in [5.41, 5.74) is 1.47. The molecule has 0 saturated heterocycles. The number of hydrogen-bond donors (Lipinski definition) is 1. The lowest BCUT2D eigenvalue weighted by molar-refractivity contribution is 0.0944. The molecule has 1 N–H and O–H groups in total. The molecule has 0 aliphatic heterocycles. The third kappa shape index (κ3) is 3.07. The minimum Gasteiger partial charge on any atom is -0.345 e. The van der Waals surface area contributed by atoms with Crippen LogP contribution in [0.25, 0.3) is 0 Å². The Hall–Kier alpha value is -2.37. The fourth-order valence-corrected chi connectivity index (χ4v) is 1.31. The smallest absolute Gasteiger partial charge is 0.270 e. The van der Waals surface area contributed by atoms with Crippen LogP contribution in [0.4, 0.5) is 4.39 Å². The van der Waals surface area contributed by atoms with Gasteiger partial charge in [0.05, 0.1) is 24.1 Å². The highest BCUT2D eigenvalue weighted by molar-refractivity contribution is 5.92. The second kappa shape index (κ2) is 5.31. The molecule has 5 nitrogen and oxygen atoms in total. The van der Waals surface area contributed by atoms with Gasteiger partial charge in [-0.2, -0.15) is 4.39 Å². The molecular formula is C12H11FN4O. The first-order valence-corrected chi connectivity index (χ1v) is 5.33. The maximum atomic E-state index is 12.8.